The molecular weight excluding hydrogens is 334 g/mol. The fraction of sp³-hybridized carbons (Fsp3) is 0.385. The van der Waals surface area contributed by atoms with Gasteiger partial charge < -0.3 is 10.0 Å². The number of aliphatic carboxylic acids is 1. The van der Waals surface area contributed by atoms with Crippen LogP contribution in [0.2, 0.25) is 5.02 Å². The van der Waals surface area contributed by atoms with E-state index in [1.807, 2.05) is 0 Å². The Morgan fingerprint density at radius 2 is 2.11 bits per heavy atom. The van der Waals surface area contributed by atoms with Crippen molar-refractivity contribution in [3.8, 4) is 0 Å². The SMILES string of the molecule is O=C(O)C(c1ccc(Cl)cc1)N1CC(CBr)CC1=O. The van der Waals surface area contributed by atoms with Crippen molar-refractivity contribution >= 4 is 39.4 Å². The molecule has 1 amide bonds. The highest BCUT2D eigenvalue weighted by molar-refractivity contribution is 9.09. The molecule has 1 fully saturated rings. The molecule has 1 saturated heterocycles. The number of carboxylic acid groups (broad SMARTS) is 1. The van der Waals surface area contributed by atoms with Crippen molar-refractivity contribution in [3.05, 3.63) is 34.9 Å². The molecule has 6 heteroatoms. The summed E-state index contributed by atoms with van der Waals surface area (Å²) in [6.07, 6.45) is 0.391. The molecule has 1 aromatic carbocycles. The molecule has 1 N–H and O–H groups in total. The normalized spacial score (nSPS) is 20.6. The van der Waals surface area contributed by atoms with Crippen molar-refractivity contribution in [2.75, 3.05) is 11.9 Å². The van der Waals surface area contributed by atoms with Gasteiger partial charge in [-0.05, 0) is 23.6 Å². The van der Waals surface area contributed by atoms with E-state index < -0.39 is 12.0 Å². The van der Waals surface area contributed by atoms with Crippen LogP contribution in [0.4, 0.5) is 0 Å². The number of amides is 1. The highest BCUT2D eigenvalue weighted by atomic mass is 79.9. The highest BCUT2D eigenvalue weighted by Gasteiger charge is 2.38. The second kappa shape index (κ2) is 5.92. The van der Waals surface area contributed by atoms with E-state index in [0.29, 0.717) is 28.9 Å². The molecule has 1 aliphatic heterocycles. The molecule has 4 nitrogen and oxygen atoms in total. The van der Waals surface area contributed by atoms with Crippen molar-refractivity contribution < 1.29 is 14.7 Å². The Kier molecular flexibility index (Phi) is 4.47. The Labute approximate surface area is 124 Å². The summed E-state index contributed by atoms with van der Waals surface area (Å²) in [7, 11) is 0. The van der Waals surface area contributed by atoms with Gasteiger partial charge in [-0.15, -0.1) is 0 Å². The lowest BCUT2D eigenvalue weighted by Crippen LogP contribution is -2.35. The van der Waals surface area contributed by atoms with Gasteiger partial charge in [0.1, 0.15) is 0 Å². The van der Waals surface area contributed by atoms with Crippen LogP contribution in [0.15, 0.2) is 24.3 Å². The van der Waals surface area contributed by atoms with Crippen molar-refractivity contribution in [1.82, 2.24) is 4.90 Å². The first-order valence-corrected chi connectivity index (χ1v) is 7.36. The Morgan fingerprint density at radius 3 is 2.58 bits per heavy atom. The van der Waals surface area contributed by atoms with Crippen LogP contribution in [0.25, 0.3) is 0 Å². The topological polar surface area (TPSA) is 57.6 Å². The number of likely N-dealkylation sites (tertiary alicyclic amines) is 1. The average molecular weight is 347 g/mol. The van der Waals surface area contributed by atoms with Crippen LogP contribution in [0.3, 0.4) is 0 Å². The maximum Gasteiger partial charge on any atom is 0.331 e. The summed E-state index contributed by atoms with van der Waals surface area (Å²) in [5, 5.41) is 10.6. The monoisotopic (exact) mass is 345 g/mol. The van der Waals surface area contributed by atoms with Crippen LogP contribution in [-0.4, -0.2) is 33.8 Å². The predicted octanol–water partition coefficient (Wildman–Crippen LogP) is 2.71. The summed E-state index contributed by atoms with van der Waals surface area (Å²) in [6, 6.07) is 5.63. The number of benzene rings is 1. The lowest BCUT2D eigenvalue weighted by atomic mass is 10.1. The minimum absolute atomic E-state index is 0.119. The third-order valence-electron chi connectivity index (χ3n) is 3.19. The van der Waals surface area contributed by atoms with E-state index >= 15 is 0 Å². The molecule has 0 radical (unpaired) electrons. The van der Waals surface area contributed by atoms with E-state index in [1.54, 1.807) is 24.3 Å². The zero-order chi connectivity index (χ0) is 14.0. The standard InChI is InChI=1S/C13H13BrClNO3/c14-6-8-5-11(17)16(7-8)12(13(18)19)9-1-3-10(15)4-2-9/h1-4,8,12H,5-7H2,(H,18,19). The average Bonchev–Trinajstić information content (AvgIpc) is 2.73. The number of nitrogens with zero attached hydrogens (tertiary/aromatic N) is 1. The molecule has 1 aliphatic rings. The summed E-state index contributed by atoms with van der Waals surface area (Å²) >= 11 is 9.14. The van der Waals surface area contributed by atoms with E-state index in [1.165, 1.54) is 4.90 Å². The van der Waals surface area contributed by atoms with E-state index in [9.17, 15) is 14.7 Å². The van der Waals surface area contributed by atoms with Crippen LogP contribution in [0.5, 0.6) is 0 Å². The zero-order valence-corrected chi connectivity index (χ0v) is 12.4. The van der Waals surface area contributed by atoms with Crippen molar-refractivity contribution in [2.45, 2.75) is 12.5 Å². The Morgan fingerprint density at radius 1 is 1.47 bits per heavy atom. The summed E-state index contributed by atoms with van der Waals surface area (Å²) in [5.41, 5.74) is 0.570. The fourth-order valence-corrected chi connectivity index (χ4v) is 2.82. The first-order chi connectivity index (χ1) is 9.02. The number of carbonyl (C=O) groups excluding carboxylic acids is 1. The first kappa shape index (κ1) is 14.3. The van der Waals surface area contributed by atoms with Gasteiger partial charge in [0, 0.05) is 23.3 Å². The van der Waals surface area contributed by atoms with Gasteiger partial charge >= 0.3 is 5.97 Å². The lowest BCUT2D eigenvalue weighted by molar-refractivity contribution is -0.148. The molecule has 0 saturated carbocycles. The van der Waals surface area contributed by atoms with E-state index in [4.69, 9.17) is 11.6 Å². The van der Waals surface area contributed by atoms with Crippen LogP contribution in [0.1, 0.15) is 18.0 Å². The van der Waals surface area contributed by atoms with Gasteiger partial charge in [-0.1, -0.05) is 39.7 Å². The molecular formula is C13H13BrClNO3. The van der Waals surface area contributed by atoms with Gasteiger partial charge in [-0.25, -0.2) is 4.79 Å². The second-order valence-corrected chi connectivity index (χ2v) is 5.65. The Bertz CT molecular complexity index is 491. The molecule has 2 rings (SSSR count). The molecule has 1 aromatic rings. The van der Waals surface area contributed by atoms with Gasteiger partial charge in [0.05, 0.1) is 0 Å². The third-order valence-corrected chi connectivity index (χ3v) is 4.36. The number of alkyl halides is 1. The van der Waals surface area contributed by atoms with Crippen LogP contribution >= 0.6 is 27.5 Å². The number of rotatable bonds is 4. The number of carboxylic acids is 1. The summed E-state index contributed by atoms with van der Waals surface area (Å²) in [5.74, 6) is -0.973. The van der Waals surface area contributed by atoms with E-state index in [-0.39, 0.29) is 11.8 Å². The van der Waals surface area contributed by atoms with Crippen LogP contribution in [-0.2, 0) is 9.59 Å². The minimum atomic E-state index is -1.02. The third kappa shape index (κ3) is 3.09. The minimum Gasteiger partial charge on any atom is -0.479 e. The lowest BCUT2D eigenvalue weighted by Gasteiger charge is -2.25. The molecule has 2 atom stereocenters. The van der Waals surface area contributed by atoms with E-state index in [0.717, 1.165) is 0 Å². The summed E-state index contributed by atoms with van der Waals surface area (Å²) in [4.78, 5) is 24.8. The number of halogens is 2. The molecule has 0 bridgehead atoms. The predicted molar refractivity (Wildman–Crippen MR) is 75.4 cm³/mol. The number of hydrogen-bond acceptors (Lipinski definition) is 2. The molecule has 0 aromatic heterocycles. The molecule has 0 spiro atoms. The van der Waals surface area contributed by atoms with E-state index in [2.05, 4.69) is 15.9 Å². The molecule has 1 heterocycles. The van der Waals surface area contributed by atoms with Gasteiger partial charge in [0.25, 0.3) is 0 Å². The van der Waals surface area contributed by atoms with Gasteiger partial charge in [-0.3, -0.25) is 4.79 Å². The maximum atomic E-state index is 11.9. The quantitative estimate of drug-likeness (QED) is 0.853. The zero-order valence-electron chi connectivity index (χ0n) is 10.1. The number of carbonyl (C=O) groups is 2. The largest absolute Gasteiger partial charge is 0.479 e. The molecule has 19 heavy (non-hydrogen) atoms. The van der Waals surface area contributed by atoms with Crippen molar-refractivity contribution in [3.63, 3.8) is 0 Å². The fourth-order valence-electron chi connectivity index (χ4n) is 2.26. The Balaban J connectivity index is 2.28. The molecule has 102 valence electrons. The van der Waals surface area contributed by atoms with Gasteiger partial charge in [0.2, 0.25) is 5.91 Å². The van der Waals surface area contributed by atoms with Crippen molar-refractivity contribution in [2.24, 2.45) is 5.92 Å². The van der Waals surface area contributed by atoms with Crippen LogP contribution in [0, 0.1) is 5.92 Å². The summed E-state index contributed by atoms with van der Waals surface area (Å²) < 4.78 is 0. The first-order valence-electron chi connectivity index (χ1n) is 5.86. The Hall–Kier alpha value is -1.07. The van der Waals surface area contributed by atoms with Gasteiger partial charge in [-0.2, -0.15) is 0 Å². The van der Waals surface area contributed by atoms with Crippen LogP contribution < -0.4 is 0 Å². The van der Waals surface area contributed by atoms with Crippen molar-refractivity contribution in [1.29, 1.82) is 0 Å². The maximum absolute atomic E-state index is 11.9. The highest BCUT2D eigenvalue weighted by Crippen LogP contribution is 2.30. The molecule has 0 aliphatic carbocycles. The number of hydrogen-bond donors (Lipinski definition) is 1. The molecule has 2 unspecified atom stereocenters. The van der Waals surface area contributed by atoms with Gasteiger partial charge in [0.15, 0.2) is 6.04 Å². The summed E-state index contributed by atoms with van der Waals surface area (Å²) in [6.45, 7) is 0.462. The second-order valence-electron chi connectivity index (χ2n) is 4.56. The smallest absolute Gasteiger partial charge is 0.331 e.